The van der Waals surface area contributed by atoms with Gasteiger partial charge >= 0.3 is 0 Å². The van der Waals surface area contributed by atoms with Crippen LogP contribution in [0.15, 0.2) is 36.4 Å². The highest BCUT2D eigenvalue weighted by Crippen LogP contribution is 2.45. The van der Waals surface area contributed by atoms with E-state index < -0.39 is 5.41 Å². The molecule has 0 aliphatic heterocycles. The number of nitrogens with one attached hydrogen (secondary N) is 1. The second-order valence-corrected chi connectivity index (χ2v) is 7.19. The third kappa shape index (κ3) is 2.70. The van der Waals surface area contributed by atoms with Gasteiger partial charge in [0.1, 0.15) is 0 Å². The van der Waals surface area contributed by atoms with E-state index in [9.17, 15) is 5.26 Å². The van der Waals surface area contributed by atoms with Gasteiger partial charge in [-0.3, -0.25) is 0 Å². The van der Waals surface area contributed by atoms with Crippen molar-refractivity contribution in [3.63, 3.8) is 0 Å². The minimum absolute atomic E-state index is 0.417. The van der Waals surface area contributed by atoms with E-state index in [-0.39, 0.29) is 0 Å². The van der Waals surface area contributed by atoms with Gasteiger partial charge in [-0.15, -0.1) is 0 Å². The Morgan fingerprint density at radius 3 is 2.43 bits per heavy atom. The average molecular weight is 280 g/mol. The first-order chi connectivity index (χ1) is 9.99. The molecule has 1 saturated carbocycles. The molecule has 110 valence electrons. The van der Waals surface area contributed by atoms with Gasteiger partial charge in [0.25, 0.3) is 0 Å². The highest BCUT2D eigenvalue weighted by atomic mass is 14.9. The molecule has 0 amide bonds. The maximum Gasteiger partial charge on any atom is 0.0766 e. The van der Waals surface area contributed by atoms with E-state index in [1.165, 1.54) is 12.8 Å². The highest BCUT2D eigenvalue weighted by molar-refractivity contribution is 5.47. The van der Waals surface area contributed by atoms with Crippen LogP contribution < -0.4 is 5.32 Å². The van der Waals surface area contributed by atoms with Crippen LogP contribution in [0, 0.1) is 29.1 Å². The predicted octanol–water partition coefficient (Wildman–Crippen LogP) is 4.50. The fraction of sp³-hybridized carbons (Fsp3) is 0.526. The zero-order valence-corrected chi connectivity index (χ0v) is 13.1. The molecule has 2 bridgehead atoms. The Labute approximate surface area is 127 Å². The molecule has 1 aromatic rings. The van der Waals surface area contributed by atoms with Gasteiger partial charge in [-0.2, -0.15) is 5.26 Å². The number of benzene rings is 1. The first kappa shape index (κ1) is 14.2. The van der Waals surface area contributed by atoms with E-state index in [2.05, 4.69) is 54.7 Å². The molecule has 2 aliphatic rings. The first-order valence-corrected chi connectivity index (χ1v) is 7.96. The van der Waals surface area contributed by atoms with Crippen LogP contribution in [0.2, 0.25) is 0 Å². The van der Waals surface area contributed by atoms with E-state index in [0.29, 0.717) is 6.04 Å². The lowest BCUT2D eigenvalue weighted by molar-refractivity contribution is 0.400. The number of allylic oxidation sites excluding steroid dienone is 2. The molecule has 0 heterocycles. The van der Waals surface area contributed by atoms with E-state index in [0.717, 1.165) is 29.0 Å². The lowest BCUT2D eigenvalue weighted by Crippen LogP contribution is -2.28. The normalized spacial score (nSPS) is 28.4. The average Bonchev–Trinajstić information content (AvgIpc) is 3.10. The molecule has 4 atom stereocenters. The van der Waals surface area contributed by atoms with E-state index in [1.807, 2.05) is 13.8 Å². The standard InChI is InChI=1S/C19H24N2/c1-13(18-11-14-4-5-15(18)10-14)21-17-8-6-16(7-9-17)19(2,3)12-20/h4-9,13-15,18,21H,10-11H2,1-3H3. The molecule has 21 heavy (non-hydrogen) atoms. The number of rotatable bonds is 4. The number of nitriles is 1. The van der Waals surface area contributed by atoms with Gasteiger partial charge in [0.05, 0.1) is 11.5 Å². The molecule has 0 aromatic heterocycles. The summed E-state index contributed by atoms with van der Waals surface area (Å²) in [4.78, 5) is 0. The van der Waals surface area contributed by atoms with Gasteiger partial charge in [-0.25, -0.2) is 0 Å². The number of hydrogen-bond donors (Lipinski definition) is 1. The van der Waals surface area contributed by atoms with Crippen molar-refractivity contribution >= 4 is 5.69 Å². The lowest BCUT2D eigenvalue weighted by Gasteiger charge is -2.27. The zero-order chi connectivity index (χ0) is 15.0. The van der Waals surface area contributed by atoms with Crippen LogP contribution in [0.25, 0.3) is 0 Å². The topological polar surface area (TPSA) is 35.8 Å². The van der Waals surface area contributed by atoms with Crippen molar-refractivity contribution in [3.8, 4) is 6.07 Å². The van der Waals surface area contributed by atoms with Crippen molar-refractivity contribution in [1.29, 1.82) is 5.26 Å². The fourth-order valence-electron chi connectivity index (χ4n) is 3.82. The van der Waals surface area contributed by atoms with Gasteiger partial charge in [-0.1, -0.05) is 24.3 Å². The number of hydrogen-bond acceptors (Lipinski definition) is 2. The summed E-state index contributed by atoms with van der Waals surface area (Å²) in [5, 5.41) is 12.8. The third-order valence-electron chi connectivity index (χ3n) is 5.25. The predicted molar refractivity (Wildman–Crippen MR) is 87.0 cm³/mol. The molecule has 1 aromatic carbocycles. The molecule has 1 N–H and O–H groups in total. The Balaban J connectivity index is 1.66. The second kappa shape index (κ2) is 5.22. The van der Waals surface area contributed by atoms with Crippen LogP contribution in [-0.2, 0) is 5.41 Å². The number of anilines is 1. The summed E-state index contributed by atoms with van der Waals surface area (Å²) in [5.74, 6) is 2.35. The van der Waals surface area contributed by atoms with Gasteiger partial charge in [0.2, 0.25) is 0 Å². The summed E-state index contributed by atoms with van der Waals surface area (Å²) in [6, 6.07) is 11.2. The zero-order valence-electron chi connectivity index (χ0n) is 13.1. The third-order valence-corrected chi connectivity index (χ3v) is 5.25. The first-order valence-electron chi connectivity index (χ1n) is 7.96. The van der Waals surface area contributed by atoms with Crippen molar-refractivity contribution in [2.75, 3.05) is 5.32 Å². The van der Waals surface area contributed by atoms with Crippen LogP contribution in [0.4, 0.5) is 5.69 Å². The molecule has 1 fully saturated rings. The summed E-state index contributed by atoms with van der Waals surface area (Å²) in [6.07, 6.45) is 7.49. The second-order valence-electron chi connectivity index (χ2n) is 7.19. The van der Waals surface area contributed by atoms with Gasteiger partial charge in [-0.05, 0) is 69.1 Å². The van der Waals surface area contributed by atoms with Gasteiger partial charge in [0, 0.05) is 11.7 Å². The maximum absolute atomic E-state index is 9.19. The molecular formula is C19H24N2. The fourth-order valence-corrected chi connectivity index (χ4v) is 3.82. The highest BCUT2D eigenvalue weighted by Gasteiger charge is 2.38. The summed E-state index contributed by atoms with van der Waals surface area (Å²) in [6.45, 7) is 6.21. The summed E-state index contributed by atoms with van der Waals surface area (Å²) >= 11 is 0. The molecule has 2 nitrogen and oxygen atoms in total. The molecule has 0 spiro atoms. The van der Waals surface area contributed by atoms with Crippen molar-refractivity contribution in [2.24, 2.45) is 17.8 Å². The quantitative estimate of drug-likeness (QED) is 0.824. The van der Waals surface area contributed by atoms with Crippen molar-refractivity contribution < 1.29 is 0 Å². The SMILES string of the molecule is CC(Nc1ccc(C(C)(C)C#N)cc1)C1CC2C=CC1C2. The molecule has 2 aliphatic carbocycles. The monoisotopic (exact) mass is 280 g/mol. The molecule has 3 rings (SSSR count). The van der Waals surface area contributed by atoms with Gasteiger partial charge in [0.15, 0.2) is 0 Å². The molecule has 0 saturated heterocycles. The molecule has 2 heteroatoms. The minimum Gasteiger partial charge on any atom is -0.382 e. The van der Waals surface area contributed by atoms with Crippen LogP contribution in [-0.4, -0.2) is 6.04 Å². The molecule has 0 radical (unpaired) electrons. The number of nitrogens with zero attached hydrogens (tertiary/aromatic N) is 1. The van der Waals surface area contributed by atoms with Crippen LogP contribution in [0.3, 0.4) is 0 Å². The molecular weight excluding hydrogens is 256 g/mol. The largest absolute Gasteiger partial charge is 0.382 e. The Hall–Kier alpha value is -1.75. The smallest absolute Gasteiger partial charge is 0.0766 e. The maximum atomic E-state index is 9.19. The Morgan fingerprint density at radius 2 is 1.90 bits per heavy atom. The van der Waals surface area contributed by atoms with E-state index >= 15 is 0 Å². The van der Waals surface area contributed by atoms with E-state index in [4.69, 9.17) is 0 Å². The Kier molecular flexibility index (Phi) is 3.53. The number of fused-ring (bicyclic) bond motifs is 2. The van der Waals surface area contributed by atoms with Crippen molar-refractivity contribution in [1.82, 2.24) is 0 Å². The van der Waals surface area contributed by atoms with Crippen LogP contribution in [0.5, 0.6) is 0 Å². The Bertz CT molecular complexity index is 577. The van der Waals surface area contributed by atoms with E-state index in [1.54, 1.807) is 0 Å². The van der Waals surface area contributed by atoms with Crippen molar-refractivity contribution in [3.05, 3.63) is 42.0 Å². The summed E-state index contributed by atoms with van der Waals surface area (Å²) in [5.41, 5.74) is 1.82. The lowest BCUT2D eigenvalue weighted by atomic mass is 9.86. The Morgan fingerprint density at radius 1 is 1.19 bits per heavy atom. The van der Waals surface area contributed by atoms with Gasteiger partial charge < -0.3 is 5.32 Å². The minimum atomic E-state index is -0.417. The van der Waals surface area contributed by atoms with Crippen LogP contribution >= 0.6 is 0 Å². The summed E-state index contributed by atoms with van der Waals surface area (Å²) in [7, 11) is 0. The van der Waals surface area contributed by atoms with Crippen molar-refractivity contribution in [2.45, 2.75) is 45.1 Å². The van der Waals surface area contributed by atoms with Crippen LogP contribution in [0.1, 0.15) is 39.2 Å². The summed E-state index contributed by atoms with van der Waals surface area (Å²) < 4.78 is 0. The molecule has 4 unspecified atom stereocenters.